The maximum Gasteiger partial charge on any atom is 0.266 e. The lowest BCUT2D eigenvalue weighted by atomic mass is 10.2. The molecule has 0 aromatic heterocycles. The highest BCUT2D eigenvalue weighted by Crippen LogP contribution is 2.35. The molecule has 0 bridgehead atoms. The molecule has 2 aromatic carbocycles. The standard InChI is InChI=1S/C17H13BrN2O2S/c1-20-16(22)15(10-11-9-12(18)7-8-14(11)21)23-17(20)19-13-5-3-2-4-6-13/h2-10,21H,1H3/b15-10+,19-17?. The minimum Gasteiger partial charge on any atom is -0.507 e. The van der Waals surface area contributed by atoms with E-state index in [1.807, 2.05) is 30.3 Å². The molecule has 0 spiro atoms. The maximum atomic E-state index is 12.4. The first kappa shape index (κ1) is 15.8. The Hall–Kier alpha value is -2.05. The van der Waals surface area contributed by atoms with Crippen molar-refractivity contribution in [3.8, 4) is 5.75 Å². The van der Waals surface area contributed by atoms with Gasteiger partial charge in [0.2, 0.25) is 0 Å². The Kier molecular flexibility index (Phi) is 4.54. The zero-order valence-electron chi connectivity index (χ0n) is 12.2. The predicted octanol–water partition coefficient (Wildman–Crippen LogP) is 4.39. The number of halogens is 1. The summed E-state index contributed by atoms with van der Waals surface area (Å²) in [4.78, 5) is 18.9. The van der Waals surface area contributed by atoms with Gasteiger partial charge in [-0.05, 0) is 48.2 Å². The number of amidine groups is 1. The summed E-state index contributed by atoms with van der Waals surface area (Å²) in [5.74, 6) is -0.00532. The third-order valence-electron chi connectivity index (χ3n) is 3.26. The number of rotatable bonds is 2. The number of para-hydroxylation sites is 1. The number of phenols is 1. The second-order valence-electron chi connectivity index (χ2n) is 4.91. The summed E-state index contributed by atoms with van der Waals surface area (Å²) in [6.45, 7) is 0. The predicted molar refractivity (Wildman–Crippen MR) is 97.7 cm³/mol. The molecular weight excluding hydrogens is 376 g/mol. The van der Waals surface area contributed by atoms with Crippen LogP contribution < -0.4 is 0 Å². The van der Waals surface area contributed by atoms with Crippen molar-refractivity contribution in [1.82, 2.24) is 4.90 Å². The molecule has 0 atom stereocenters. The van der Waals surface area contributed by atoms with Gasteiger partial charge < -0.3 is 5.11 Å². The second kappa shape index (κ2) is 6.60. The molecule has 6 heteroatoms. The molecule has 2 aromatic rings. The first-order chi connectivity index (χ1) is 11.0. The third kappa shape index (κ3) is 3.48. The first-order valence-corrected chi connectivity index (χ1v) is 8.45. The van der Waals surface area contributed by atoms with E-state index in [1.165, 1.54) is 16.7 Å². The number of hydrogen-bond donors (Lipinski definition) is 1. The summed E-state index contributed by atoms with van der Waals surface area (Å²) in [5.41, 5.74) is 1.38. The quantitative estimate of drug-likeness (QED) is 0.776. The second-order valence-corrected chi connectivity index (χ2v) is 6.83. The lowest BCUT2D eigenvalue weighted by molar-refractivity contribution is -0.121. The molecule has 4 nitrogen and oxygen atoms in total. The van der Waals surface area contributed by atoms with Crippen molar-refractivity contribution in [3.05, 3.63) is 63.5 Å². The van der Waals surface area contributed by atoms with Crippen LogP contribution in [0, 0.1) is 0 Å². The largest absolute Gasteiger partial charge is 0.507 e. The summed E-state index contributed by atoms with van der Waals surface area (Å²) >= 11 is 4.65. The topological polar surface area (TPSA) is 52.9 Å². The van der Waals surface area contributed by atoms with Crippen LogP contribution in [0.2, 0.25) is 0 Å². The van der Waals surface area contributed by atoms with Crippen LogP contribution in [0.15, 0.2) is 62.9 Å². The number of carbonyl (C=O) groups excluding carboxylic acids is 1. The Labute approximate surface area is 146 Å². The number of carbonyl (C=O) groups is 1. The van der Waals surface area contributed by atoms with E-state index in [9.17, 15) is 9.90 Å². The molecule has 1 aliphatic rings. The molecule has 1 N–H and O–H groups in total. The highest BCUT2D eigenvalue weighted by atomic mass is 79.9. The molecule has 1 saturated heterocycles. The smallest absolute Gasteiger partial charge is 0.266 e. The number of aliphatic imine (C=N–C) groups is 1. The van der Waals surface area contributed by atoms with E-state index in [-0.39, 0.29) is 11.7 Å². The van der Waals surface area contributed by atoms with Crippen molar-refractivity contribution < 1.29 is 9.90 Å². The van der Waals surface area contributed by atoms with Crippen molar-refractivity contribution in [2.24, 2.45) is 4.99 Å². The molecule has 1 fully saturated rings. The van der Waals surface area contributed by atoms with E-state index in [0.717, 1.165) is 10.2 Å². The molecule has 0 saturated carbocycles. The van der Waals surface area contributed by atoms with Gasteiger partial charge in [-0.15, -0.1) is 0 Å². The van der Waals surface area contributed by atoms with Gasteiger partial charge in [0.15, 0.2) is 5.17 Å². The summed E-state index contributed by atoms with van der Waals surface area (Å²) in [6.07, 6.45) is 1.68. The summed E-state index contributed by atoms with van der Waals surface area (Å²) < 4.78 is 0.837. The van der Waals surface area contributed by atoms with Crippen LogP contribution in [-0.2, 0) is 4.79 Å². The minimum atomic E-state index is -0.135. The average molecular weight is 389 g/mol. The summed E-state index contributed by atoms with van der Waals surface area (Å²) in [7, 11) is 1.69. The number of nitrogens with zero attached hydrogens (tertiary/aromatic N) is 2. The van der Waals surface area contributed by atoms with Crippen molar-refractivity contribution in [1.29, 1.82) is 0 Å². The Balaban J connectivity index is 1.94. The molecule has 0 radical (unpaired) electrons. The lowest BCUT2D eigenvalue weighted by Crippen LogP contribution is -2.23. The normalized spacial score (nSPS) is 18.2. The zero-order chi connectivity index (χ0) is 16.4. The Morgan fingerprint density at radius 3 is 2.70 bits per heavy atom. The number of benzene rings is 2. The molecule has 116 valence electrons. The molecule has 0 unspecified atom stereocenters. The van der Waals surface area contributed by atoms with Gasteiger partial charge in [-0.2, -0.15) is 0 Å². The monoisotopic (exact) mass is 388 g/mol. The van der Waals surface area contributed by atoms with Gasteiger partial charge in [0.25, 0.3) is 5.91 Å². The molecule has 1 aliphatic heterocycles. The van der Waals surface area contributed by atoms with Gasteiger partial charge in [0, 0.05) is 17.1 Å². The number of aromatic hydroxyl groups is 1. The fraction of sp³-hybridized carbons (Fsp3) is 0.0588. The van der Waals surface area contributed by atoms with Gasteiger partial charge in [-0.1, -0.05) is 34.1 Å². The van der Waals surface area contributed by atoms with E-state index < -0.39 is 0 Å². The number of likely N-dealkylation sites (N-methyl/N-ethyl adjacent to an activating group) is 1. The van der Waals surface area contributed by atoms with Crippen molar-refractivity contribution >= 4 is 50.5 Å². The fourth-order valence-corrected chi connectivity index (χ4v) is 3.40. The Morgan fingerprint density at radius 1 is 1.22 bits per heavy atom. The molecule has 1 heterocycles. The van der Waals surface area contributed by atoms with Gasteiger partial charge in [0.05, 0.1) is 10.6 Å². The first-order valence-electron chi connectivity index (χ1n) is 6.84. The van der Waals surface area contributed by atoms with Gasteiger partial charge in [-0.25, -0.2) is 4.99 Å². The van der Waals surface area contributed by atoms with E-state index in [1.54, 1.807) is 31.3 Å². The van der Waals surface area contributed by atoms with Crippen LogP contribution in [-0.4, -0.2) is 28.1 Å². The number of amides is 1. The van der Waals surface area contributed by atoms with Crippen LogP contribution in [0.3, 0.4) is 0 Å². The molecular formula is C17H13BrN2O2S. The van der Waals surface area contributed by atoms with Gasteiger partial charge >= 0.3 is 0 Å². The highest BCUT2D eigenvalue weighted by Gasteiger charge is 2.30. The van der Waals surface area contributed by atoms with Crippen molar-refractivity contribution in [2.75, 3.05) is 7.05 Å². The number of hydrogen-bond acceptors (Lipinski definition) is 4. The maximum absolute atomic E-state index is 12.4. The van der Waals surface area contributed by atoms with Crippen LogP contribution in [0.25, 0.3) is 6.08 Å². The minimum absolute atomic E-state index is 0.130. The zero-order valence-corrected chi connectivity index (χ0v) is 14.6. The Morgan fingerprint density at radius 2 is 1.96 bits per heavy atom. The fourth-order valence-electron chi connectivity index (χ4n) is 2.05. The van der Waals surface area contributed by atoms with Crippen molar-refractivity contribution in [3.63, 3.8) is 0 Å². The van der Waals surface area contributed by atoms with E-state index in [0.29, 0.717) is 15.6 Å². The number of thioether (sulfide) groups is 1. The summed E-state index contributed by atoms with van der Waals surface area (Å²) in [5, 5.41) is 10.5. The van der Waals surface area contributed by atoms with Crippen molar-refractivity contribution in [2.45, 2.75) is 0 Å². The van der Waals surface area contributed by atoms with E-state index in [4.69, 9.17) is 0 Å². The molecule has 0 aliphatic carbocycles. The molecule has 3 rings (SSSR count). The van der Waals surface area contributed by atoms with Crippen LogP contribution in [0.5, 0.6) is 5.75 Å². The lowest BCUT2D eigenvalue weighted by Gasteiger charge is -2.06. The van der Waals surface area contributed by atoms with Gasteiger partial charge in [0.1, 0.15) is 5.75 Å². The van der Waals surface area contributed by atoms with E-state index in [2.05, 4.69) is 20.9 Å². The average Bonchev–Trinajstić information content (AvgIpc) is 2.80. The summed E-state index contributed by atoms with van der Waals surface area (Å²) in [6, 6.07) is 14.6. The third-order valence-corrected chi connectivity index (χ3v) is 4.81. The van der Waals surface area contributed by atoms with E-state index >= 15 is 0 Å². The molecule has 23 heavy (non-hydrogen) atoms. The SMILES string of the molecule is CN1C(=O)/C(=C\c2cc(Br)ccc2O)SC1=Nc1ccccc1. The van der Waals surface area contributed by atoms with Crippen LogP contribution >= 0.6 is 27.7 Å². The van der Waals surface area contributed by atoms with Gasteiger partial charge in [-0.3, -0.25) is 9.69 Å². The Bertz CT molecular complexity index is 819. The number of phenolic OH excluding ortho intramolecular Hbond substituents is 1. The van der Waals surface area contributed by atoms with Crippen LogP contribution in [0.4, 0.5) is 5.69 Å². The highest BCUT2D eigenvalue weighted by molar-refractivity contribution is 9.10. The molecule has 1 amide bonds. The van der Waals surface area contributed by atoms with Crippen LogP contribution in [0.1, 0.15) is 5.56 Å².